The predicted molar refractivity (Wildman–Crippen MR) is 92.8 cm³/mol. The third-order valence-corrected chi connectivity index (χ3v) is 3.24. The second-order valence-electron chi connectivity index (χ2n) is 4.78. The first-order valence-electron chi connectivity index (χ1n) is 7.15. The molecule has 0 radical (unpaired) electrons. The summed E-state index contributed by atoms with van der Waals surface area (Å²) in [4.78, 5) is 12.1. The van der Waals surface area contributed by atoms with Gasteiger partial charge in [0.05, 0.1) is 7.11 Å². The number of alkyl halides is 2. The summed E-state index contributed by atoms with van der Waals surface area (Å²) >= 11 is 5.00. The van der Waals surface area contributed by atoms with Crippen LogP contribution in [-0.4, -0.2) is 24.7 Å². The van der Waals surface area contributed by atoms with Crippen molar-refractivity contribution in [3.63, 3.8) is 0 Å². The number of thiocarbonyl (C=S) groups is 1. The second-order valence-corrected chi connectivity index (χ2v) is 5.19. The van der Waals surface area contributed by atoms with Crippen LogP contribution in [0, 0.1) is 5.82 Å². The van der Waals surface area contributed by atoms with Gasteiger partial charge in [-0.05, 0) is 54.7 Å². The van der Waals surface area contributed by atoms with Gasteiger partial charge in [-0.1, -0.05) is 0 Å². The van der Waals surface area contributed by atoms with E-state index in [0.717, 1.165) is 0 Å². The number of nitrogens with one attached hydrogen (secondary N) is 3. The van der Waals surface area contributed by atoms with E-state index in [4.69, 9.17) is 17.0 Å². The van der Waals surface area contributed by atoms with E-state index in [0.29, 0.717) is 5.69 Å². The fraction of sp³-hybridized carbons (Fsp3) is 0.125. The Kier molecular flexibility index (Phi) is 6.61. The Morgan fingerprint density at radius 2 is 1.77 bits per heavy atom. The molecule has 0 aliphatic carbocycles. The highest BCUT2D eigenvalue weighted by Gasteiger charge is 2.14. The van der Waals surface area contributed by atoms with Crippen LogP contribution in [0.1, 0.15) is 10.4 Å². The van der Waals surface area contributed by atoms with Crippen molar-refractivity contribution in [2.45, 2.75) is 6.61 Å². The van der Waals surface area contributed by atoms with Gasteiger partial charge in [-0.2, -0.15) is 8.78 Å². The first kappa shape index (κ1) is 19.3. The van der Waals surface area contributed by atoms with Crippen molar-refractivity contribution in [3.8, 4) is 11.5 Å². The van der Waals surface area contributed by atoms with Crippen LogP contribution in [-0.2, 0) is 0 Å². The molecule has 0 saturated carbocycles. The van der Waals surface area contributed by atoms with Crippen LogP contribution in [0.3, 0.4) is 0 Å². The average molecular weight is 385 g/mol. The fourth-order valence-corrected chi connectivity index (χ4v) is 2.05. The molecule has 0 aliphatic heterocycles. The van der Waals surface area contributed by atoms with Crippen LogP contribution < -0.4 is 25.6 Å². The Hall–Kier alpha value is -3.01. The SMILES string of the molecule is COc1cc(C(=O)NNC(=S)Nc2ccc(F)cc2)ccc1OC(F)F. The normalized spacial score (nSPS) is 10.2. The van der Waals surface area contributed by atoms with Gasteiger partial charge in [-0.15, -0.1) is 0 Å². The molecule has 0 heterocycles. The van der Waals surface area contributed by atoms with Crippen LogP contribution in [0.2, 0.25) is 0 Å². The molecule has 26 heavy (non-hydrogen) atoms. The lowest BCUT2D eigenvalue weighted by Gasteiger charge is -2.13. The minimum Gasteiger partial charge on any atom is -0.493 e. The highest BCUT2D eigenvalue weighted by molar-refractivity contribution is 7.80. The van der Waals surface area contributed by atoms with Gasteiger partial charge >= 0.3 is 6.61 Å². The number of amides is 1. The molecule has 0 aliphatic rings. The number of benzene rings is 2. The Bertz CT molecular complexity index is 788. The molecular weight excluding hydrogens is 371 g/mol. The lowest BCUT2D eigenvalue weighted by molar-refractivity contribution is -0.0512. The monoisotopic (exact) mass is 385 g/mol. The molecule has 10 heteroatoms. The van der Waals surface area contributed by atoms with Crippen molar-refractivity contribution in [1.82, 2.24) is 10.9 Å². The zero-order chi connectivity index (χ0) is 19.1. The largest absolute Gasteiger partial charge is 0.493 e. The number of rotatable bonds is 5. The number of hydrazine groups is 1. The summed E-state index contributed by atoms with van der Waals surface area (Å²) in [5.74, 6) is -1.20. The maximum absolute atomic E-state index is 12.8. The number of carbonyl (C=O) groups is 1. The van der Waals surface area contributed by atoms with Gasteiger partial charge in [-0.3, -0.25) is 15.6 Å². The highest BCUT2D eigenvalue weighted by Crippen LogP contribution is 2.29. The molecule has 0 bridgehead atoms. The number of hydrogen-bond donors (Lipinski definition) is 3. The van der Waals surface area contributed by atoms with Crippen molar-refractivity contribution in [2.24, 2.45) is 0 Å². The predicted octanol–water partition coefficient (Wildman–Crippen LogP) is 3.07. The molecule has 2 aromatic rings. The zero-order valence-electron chi connectivity index (χ0n) is 13.4. The van der Waals surface area contributed by atoms with Crippen molar-refractivity contribution in [1.29, 1.82) is 0 Å². The van der Waals surface area contributed by atoms with Gasteiger partial charge in [-0.25, -0.2) is 4.39 Å². The van der Waals surface area contributed by atoms with Crippen LogP contribution >= 0.6 is 12.2 Å². The zero-order valence-corrected chi connectivity index (χ0v) is 14.2. The molecule has 138 valence electrons. The first-order valence-corrected chi connectivity index (χ1v) is 7.55. The van der Waals surface area contributed by atoms with Crippen LogP contribution in [0.5, 0.6) is 11.5 Å². The van der Waals surface area contributed by atoms with E-state index in [-0.39, 0.29) is 22.2 Å². The van der Waals surface area contributed by atoms with Crippen LogP contribution in [0.4, 0.5) is 18.9 Å². The number of carbonyl (C=O) groups excluding carboxylic acids is 1. The van der Waals surface area contributed by atoms with Gasteiger partial charge in [0.15, 0.2) is 16.6 Å². The third kappa shape index (κ3) is 5.52. The minimum absolute atomic E-state index is 0.0232. The molecule has 1 amide bonds. The molecule has 0 fully saturated rings. The van der Waals surface area contributed by atoms with E-state index in [1.54, 1.807) is 0 Å². The maximum Gasteiger partial charge on any atom is 0.387 e. The standard InChI is InChI=1S/C16H14F3N3O3S/c1-24-13-8-9(2-7-12(13)25-15(18)19)14(23)21-22-16(26)20-11-5-3-10(17)4-6-11/h2-8,15H,1H3,(H,21,23)(H2,20,22,26). The molecule has 0 spiro atoms. The van der Waals surface area contributed by atoms with Crippen molar-refractivity contribution >= 4 is 28.9 Å². The van der Waals surface area contributed by atoms with Gasteiger partial charge < -0.3 is 14.8 Å². The molecule has 0 atom stereocenters. The maximum atomic E-state index is 12.8. The summed E-state index contributed by atoms with van der Waals surface area (Å²) in [6.45, 7) is -3.01. The molecule has 3 N–H and O–H groups in total. The number of anilines is 1. The van der Waals surface area contributed by atoms with Crippen LogP contribution in [0.25, 0.3) is 0 Å². The fourth-order valence-electron chi connectivity index (χ4n) is 1.88. The van der Waals surface area contributed by atoms with Crippen molar-refractivity contribution in [2.75, 3.05) is 12.4 Å². The molecule has 0 saturated heterocycles. The van der Waals surface area contributed by atoms with E-state index >= 15 is 0 Å². The number of halogens is 3. The third-order valence-electron chi connectivity index (χ3n) is 3.03. The summed E-state index contributed by atoms with van der Waals surface area (Å²) in [6, 6.07) is 9.15. The van der Waals surface area contributed by atoms with Crippen LogP contribution in [0.15, 0.2) is 42.5 Å². The first-order chi connectivity index (χ1) is 12.4. The second kappa shape index (κ2) is 8.90. The average Bonchev–Trinajstić information content (AvgIpc) is 2.61. The van der Waals surface area contributed by atoms with E-state index in [1.165, 1.54) is 49.6 Å². The topological polar surface area (TPSA) is 71.6 Å². The number of hydrogen-bond acceptors (Lipinski definition) is 4. The van der Waals surface area contributed by atoms with Gasteiger partial charge in [0.2, 0.25) is 0 Å². The van der Waals surface area contributed by atoms with Crippen molar-refractivity contribution < 1.29 is 27.4 Å². The number of methoxy groups -OCH3 is 1. The summed E-state index contributed by atoms with van der Waals surface area (Å²) < 4.78 is 46.6. The summed E-state index contributed by atoms with van der Waals surface area (Å²) in [5.41, 5.74) is 5.44. The van der Waals surface area contributed by atoms with E-state index in [9.17, 15) is 18.0 Å². The highest BCUT2D eigenvalue weighted by atomic mass is 32.1. The molecule has 0 unspecified atom stereocenters. The minimum atomic E-state index is -3.01. The Balaban J connectivity index is 1.94. The van der Waals surface area contributed by atoms with Gasteiger partial charge in [0.1, 0.15) is 5.82 Å². The molecule has 6 nitrogen and oxygen atoms in total. The van der Waals surface area contributed by atoms with E-state index in [1.807, 2.05) is 0 Å². The Morgan fingerprint density at radius 1 is 1.08 bits per heavy atom. The van der Waals surface area contributed by atoms with Gasteiger partial charge in [0.25, 0.3) is 5.91 Å². The molecular formula is C16H14F3N3O3S. The number of ether oxygens (including phenoxy) is 2. The quantitative estimate of drug-likeness (QED) is 0.543. The van der Waals surface area contributed by atoms with E-state index < -0.39 is 18.3 Å². The molecule has 2 rings (SSSR count). The summed E-state index contributed by atoms with van der Waals surface area (Å²) in [7, 11) is 1.26. The molecule has 0 aromatic heterocycles. The molecule has 2 aromatic carbocycles. The van der Waals surface area contributed by atoms with E-state index in [2.05, 4.69) is 20.9 Å². The summed E-state index contributed by atoms with van der Waals surface area (Å²) in [6.07, 6.45) is 0. The Morgan fingerprint density at radius 3 is 2.38 bits per heavy atom. The van der Waals surface area contributed by atoms with Gasteiger partial charge in [0, 0.05) is 11.3 Å². The smallest absolute Gasteiger partial charge is 0.387 e. The van der Waals surface area contributed by atoms with Crippen molar-refractivity contribution in [3.05, 3.63) is 53.8 Å². The Labute approximate surface area is 152 Å². The lowest BCUT2D eigenvalue weighted by Crippen LogP contribution is -2.43. The summed E-state index contributed by atoms with van der Waals surface area (Å²) in [5, 5.41) is 2.80. The lowest BCUT2D eigenvalue weighted by atomic mass is 10.2.